The molecule has 42 heavy (non-hydrogen) atoms. The molecule has 7 nitrogen and oxygen atoms in total. The lowest BCUT2D eigenvalue weighted by Gasteiger charge is -2.38. The fraction of sp³-hybridized carbons (Fsp3) is 0.514. The number of amides is 3. The Bertz CT molecular complexity index is 1380. The van der Waals surface area contributed by atoms with Gasteiger partial charge in [-0.2, -0.15) is 0 Å². The first-order valence-corrected chi connectivity index (χ1v) is 15.5. The summed E-state index contributed by atoms with van der Waals surface area (Å²) in [5.74, 6) is -0.904. The molecule has 3 aliphatic heterocycles. The van der Waals surface area contributed by atoms with Crippen LogP contribution in [0.1, 0.15) is 69.6 Å². The van der Waals surface area contributed by atoms with Gasteiger partial charge >= 0.3 is 0 Å². The number of aryl methyl sites for hydroxylation is 1. The number of nitrogens with one attached hydrogen (secondary N) is 2. The number of hydrogen-bond donors (Lipinski definition) is 2. The average molecular weight is 570 g/mol. The molecular weight excluding hydrogens is 526 g/mol. The van der Waals surface area contributed by atoms with Crippen molar-refractivity contribution in [2.75, 3.05) is 5.32 Å². The predicted octanol–water partition coefficient (Wildman–Crippen LogP) is 5.35. The van der Waals surface area contributed by atoms with Crippen molar-refractivity contribution in [3.63, 3.8) is 0 Å². The Morgan fingerprint density at radius 2 is 1.74 bits per heavy atom. The Hall–Kier alpha value is -3.45. The molecule has 222 valence electrons. The van der Waals surface area contributed by atoms with Crippen molar-refractivity contribution in [2.24, 2.45) is 23.7 Å². The van der Waals surface area contributed by atoms with Crippen molar-refractivity contribution in [3.8, 4) is 0 Å². The van der Waals surface area contributed by atoms with Gasteiger partial charge in [-0.3, -0.25) is 14.4 Å². The summed E-state index contributed by atoms with van der Waals surface area (Å²) in [5.41, 5.74) is 2.75. The highest BCUT2D eigenvalue weighted by Crippen LogP contribution is 2.55. The molecule has 0 radical (unpaired) electrons. The van der Waals surface area contributed by atoms with Gasteiger partial charge in [-0.15, -0.1) is 0 Å². The van der Waals surface area contributed by atoms with Crippen molar-refractivity contribution in [2.45, 2.75) is 90.1 Å². The zero-order chi connectivity index (χ0) is 29.8. The summed E-state index contributed by atoms with van der Waals surface area (Å²) >= 11 is 0. The minimum absolute atomic E-state index is 0.0449. The Labute approximate surface area is 249 Å². The van der Waals surface area contributed by atoms with Crippen LogP contribution in [-0.2, 0) is 25.7 Å². The number of likely N-dealkylation sites (tertiary alicyclic amines) is 1. The maximum Gasteiger partial charge on any atom is 0.246 e. The number of anilines is 1. The van der Waals surface area contributed by atoms with Gasteiger partial charge in [0, 0.05) is 18.3 Å². The van der Waals surface area contributed by atoms with E-state index in [1.165, 1.54) is 5.56 Å². The molecule has 2 bridgehead atoms. The second kappa shape index (κ2) is 11.0. The van der Waals surface area contributed by atoms with Crippen LogP contribution in [0.4, 0.5) is 5.69 Å². The average Bonchev–Trinajstić information content (AvgIpc) is 3.60. The molecule has 2 aromatic carbocycles. The number of hydrogen-bond acceptors (Lipinski definition) is 4. The lowest BCUT2D eigenvalue weighted by molar-refractivity contribution is -0.142. The molecule has 2 saturated heterocycles. The van der Waals surface area contributed by atoms with Gasteiger partial charge in [0.05, 0.1) is 17.9 Å². The highest BCUT2D eigenvalue weighted by molar-refractivity contribution is 6.02. The second-order valence-electron chi connectivity index (χ2n) is 13.3. The first-order chi connectivity index (χ1) is 20.1. The Morgan fingerprint density at radius 1 is 1.02 bits per heavy atom. The number of carbonyl (C=O) groups excluding carboxylic acids is 3. The summed E-state index contributed by atoms with van der Waals surface area (Å²) < 4.78 is 6.54. The lowest BCUT2D eigenvalue weighted by atomic mass is 9.73. The van der Waals surface area contributed by atoms with Crippen molar-refractivity contribution in [1.82, 2.24) is 10.2 Å². The molecule has 6 rings (SSSR count). The first-order valence-electron chi connectivity index (χ1n) is 15.5. The van der Waals surface area contributed by atoms with Crippen molar-refractivity contribution in [1.29, 1.82) is 0 Å². The van der Waals surface area contributed by atoms with Gasteiger partial charge in [0.15, 0.2) is 0 Å². The SMILES string of the molecule is Cc1ccc(CN2C(=O)[C@H]3[C@H](C(=O)Nc4ccc(C(C)C)cc4)[C@H]4C=C[C@@]3(O4)[C@@H]2C(=O)N[C@@H]2CCC[C@H](C)[C@@H]2C)cc1. The van der Waals surface area contributed by atoms with Gasteiger partial charge in [-0.1, -0.05) is 94.7 Å². The molecule has 1 spiro atoms. The van der Waals surface area contributed by atoms with Crippen LogP contribution in [0.5, 0.6) is 0 Å². The van der Waals surface area contributed by atoms with Crippen LogP contribution >= 0.6 is 0 Å². The van der Waals surface area contributed by atoms with E-state index in [2.05, 4.69) is 38.3 Å². The molecule has 3 heterocycles. The standard InChI is InChI=1S/C35H43N3O4/c1-20(2)25-13-15-26(16-14-25)36-32(39)29-28-17-18-35(42-28)30(29)34(41)38(19-24-11-9-21(3)10-12-24)31(35)33(40)37-27-8-6-7-22(4)23(27)5/h9-18,20,22-23,27-31H,6-8,19H2,1-5H3,(H,36,39)(H,37,40)/t22-,23-,27+,28+,29+,30+,31-,35-/m0/s1. The minimum Gasteiger partial charge on any atom is -0.359 e. The zero-order valence-electron chi connectivity index (χ0n) is 25.3. The normalized spacial score (nSPS) is 33.2. The van der Waals surface area contributed by atoms with Crippen LogP contribution in [0.2, 0.25) is 0 Å². The third kappa shape index (κ3) is 4.85. The van der Waals surface area contributed by atoms with Crippen LogP contribution in [0.3, 0.4) is 0 Å². The number of rotatable bonds is 7. The molecule has 4 aliphatic rings. The van der Waals surface area contributed by atoms with Gasteiger partial charge in [-0.25, -0.2) is 0 Å². The topological polar surface area (TPSA) is 87.7 Å². The maximum atomic E-state index is 14.3. The maximum absolute atomic E-state index is 14.3. The Kier molecular flexibility index (Phi) is 7.50. The second-order valence-corrected chi connectivity index (χ2v) is 13.3. The fourth-order valence-electron chi connectivity index (χ4n) is 7.55. The van der Waals surface area contributed by atoms with Gasteiger partial charge < -0.3 is 20.3 Å². The van der Waals surface area contributed by atoms with Crippen LogP contribution < -0.4 is 10.6 Å². The summed E-state index contributed by atoms with van der Waals surface area (Å²) in [7, 11) is 0. The first kappa shape index (κ1) is 28.7. The number of fused-ring (bicyclic) bond motifs is 1. The van der Waals surface area contributed by atoms with Gasteiger partial charge in [-0.05, 0) is 54.4 Å². The summed E-state index contributed by atoms with van der Waals surface area (Å²) in [6.07, 6.45) is 6.35. The van der Waals surface area contributed by atoms with Crippen LogP contribution in [0.25, 0.3) is 0 Å². The monoisotopic (exact) mass is 569 g/mol. The minimum atomic E-state index is -1.18. The molecule has 2 N–H and O–H groups in total. The molecule has 1 saturated carbocycles. The van der Waals surface area contributed by atoms with E-state index >= 15 is 0 Å². The van der Waals surface area contributed by atoms with Crippen LogP contribution in [0, 0.1) is 30.6 Å². The van der Waals surface area contributed by atoms with Gasteiger partial charge in [0.25, 0.3) is 0 Å². The third-order valence-electron chi connectivity index (χ3n) is 10.3. The van der Waals surface area contributed by atoms with E-state index in [-0.39, 0.29) is 30.3 Å². The quantitative estimate of drug-likeness (QED) is 0.440. The lowest BCUT2D eigenvalue weighted by Crippen LogP contribution is -2.57. The van der Waals surface area contributed by atoms with Crippen molar-refractivity contribution < 1.29 is 19.1 Å². The van der Waals surface area contributed by atoms with E-state index in [1.54, 1.807) is 4.90 Å². The molecule has 3 fully saturated rings. The molecule has 0 unspecified atom stereocenters. The number of ether oxygens (including phenoxy) is 1. The van der Waals surface area contributed by atoms with E-state index < -0.39 is 29.6 Å². The highest BCUT2D eigenvalue weighted by atomic mass is 16.5. The number of benzene rings is 2. The Morgan fingerprint density at radius 3 is 2.43 bits per heavy atom. The van der Waals surface area contributed by atoms with E-state index in [4.69, 9.17) is 4.74 Å². The molecular formula is C35H43N3O4. The zero-order valence-corrected chi connectivity index (χ0v) is 25.3. The molecule has 7 heteroatoms. The predicted molar refractivity (Wildman–Crippen MR) is 163 cm³/mol. The molecule has 8 atom stereocenters. The highest BCUT2D eigenvalue weighted by Gasteiger charge is 2.72. The molecule has 1 aliphatic carbocycles. The smallest absolute Gasteiger partial charge is 0.246 e. The van der Waals surface area contributed by atoms with E-state index in [0.29, 0.717) is 23.4 Å². The van der Waals surface area contributed by atoms with Gasteiger partial charge in [0.1, 0.15) is 11.6 Å². The van der Waals surface area contributed by atoms with Crippen molar-refractivity contribution in [3.05, 3.63) is 77.4 Å². The summed E-state index contributed by atoms with van der Waals surface area (Å²) in [5, 5.41) is 6.36. The summed E-state index contributed by atoms with van der Waals surface area (Å²) in [4.78, 5) is 44.0. The van der Waals surface area contributed by atoms with Gasteiger partial charge in [0.2, 0.25) is 17.7 Å². The van der Waals surface area contributed by atoms with Crippen LogP contribution in [0.15, 0.2) is 60.7 Å². The molecule has 2 aromatic rings. The molecule has 3 amide bonds. The Balaban J connectivity index is 1.30. The van der Waals surface area contributed by atoms with E-state index in [1.807, 2.05) is 67.6 Å². The number of nitrogens with zero attached hydrogens (tertiary/aromatic N) is 1. The summed E-state index contributed by atoms with van der Waals surface area (Å²) in [6, 6.07) is 15.0. The molecule has 0 aromatic heterocycles. The van der Waals surface area contributed by atoms with Crippen LogP contribution in [-0.4, -0.2) is 46.4 Å². The fourth-order valence-corrected chi connectivity index (χ4v) is 7.55. The van der Waals surface area contributed by atoms with E-state index in [0.717, 1.165) is 30.4 Å². The number of carbonyl (C=O) groups is 3. The van der Waals surface area contributed by atoms with Crippen molar-refractivity contribution >= 4 is 23.4 Å². The third-order valence-corrected chi connectivity index (χ3v) is 10.3. The largest absolute Gasteiger partial charge is 0.359 e. The summed E-state index contributed by atoms with van der Waals surface area (Å²) in [6.45, 7) is 11.0. The van der Waals surface area contributed by atoms with E-state index in [9.17, 15) is 14.4 Å².